The topological polar surface area (TPSA) is 122 Å². The van der Waals surface area contributed by atoms with Crippen LogP contribution in [-0.4, -0.2) is 74.7 Å². The summed E-state index contributed by atoms with van der Waals surface area (Å²) in [4.78, 5) is 33.6. The number of aromatic nitrogens is 5. The lowest BCUT2D eigenvalue weighted by molar-refractivity contribution is -0.125. The van der Waals surface area contributed by atoms with Crippen molar-refractivity contribution >= 4 is 40.4 Å². The van der Waals surface area contributed by atoms with Gasteiger partial charge in [0.05, 0.1) is 39.3 Å². The number of hydrogen-bond donors (Lipinski definition) is 1. The van der Waals surface area contributed by atoms with Crippen LogP contribution in [-0.2, 0) is 16.1 Å². The Bertz CT molecular complexity index is 2400. The van der Waals surface area contributed by atoms with Gasteiger partial charge in [0.25, 0.3) is 0 Å². The van der Waals surface area contributed by atoms with E-state index in [1.165, 1.54) is 53.8 Å². The van der Waals surface area contributed by atoms with Crippen LogP contribution in [0.1, 0.15) is 99.4 Å². The van der Waals surface area contributed by atoms with Crippen molar-refractivity contribution in [1.29, 1.82) is 0 Å². The van der Waals surface area contributed by atoms with E-state index in [4.69, 9.17) is 4.52 Å². The predicted molar refractivity (Wildman–Crippen MR) is 232 cm³/mol. The molecular weight excluding hydrogens is 757 g/mol. The van der Waals surface area contributed by atoms with Gasteiger partial charge >= 0.3 is 0 Å². The fraction of sp³-hybridized carbons (Fsp3) is 0.447. The summed E-state index contributed by atoms with van der Waals surface area (Å²) in [7, 11) is 2.02. The van der Waals surface area contributed by atoms with Gasteiger partial charge in [-0.3, -0.25) is 9.69 Å². The second kappa shape index (κ2) is 16.5. The molecule has 1 amide bonds. The van der Waals surface area contributed by atoms with Gasteiger partial charge in [-0.05, 0) is 94.6 Å². The maximum Gasteiger partial charge on any atom is 0.237 e. The lowest BCUT2D eigenvalue weighted by Gasteiger charge is -2.59. The maximum atomic E-state index is 12.2. The van der Waals surface area contributed by atoms with E-state index in [1.807, 2.05) is 45.5 Å². The third-order valence-corrected chi connectivity index (χ3v) is 14.2. The van der Waals surface area contributed by atoms with Crippen LogP contribution in [0.2, 0.25) is 0 Å². The first-order chi connectivity index (χ1) is 28.7. The Hall–Kier alpha value is -5.20. The van der Waals surface area contributed by atoms with E-state index in [9.17, 15) is 9.59 Å². The number of benzene rings is 2. The molecule has 2 unspecified atom stereocenters. The molecule has 2 saturated carbocycles. The molecule has 0 bridgehead atoms. The quantitative estimate of drug-likeness (QED) is 0.128. The summed E-state index contributed by atoms with van der Waals surface area (Å²) < 4.78 is 8.14. The molecule has 4 fully saturated rings. The van der Waals surface area contributed by atoms with E-state index < -0.39 is 0 Å². The van der Waals surface area contributed by atoms with Gasteiger partial charge in [-0.2, -0.15) is 0 Å². The molecule has 6 heterocycles. The highest BCUT2D eigenvalue weighted by molar-refractivity contribution is 7.13. The van der Waals surface area contributed by atoms with E-state index in [2.05, 4.69) is 101 Å². The number of fused-ring (bicyclic) bond motifs is 1. The second-order valence-corrected chi connectivity index (χ2v) is 18.5. The number of hydrogen-bond acceptors (Lipinski definition) is 10. The molecule has 59 heavy (non-hydrogen) atoms. The Balaban J connectivity index is 0.000000174. The van der Waals surface area contributed by atoms with Gasteiger partial charge in [-0.1, -0.05) is 73.6 Å². The van der Waals surface area contributed by atoms with Gasteiger partial charge in [0.15, 0.2) is 5.82 Å². The number of carbonyl (C=O) groups is 2. The van der Waals surface area contributed by atoms with Gasteiger partial charge in [-0.25, -0.2) is 4.98 Å². The molecule has 10 rings (SSSR count). The third-order valence-electron chi connectivity index (χ3n) is 13.2. The Labute approximate surface area is 350 Å². The summed E-state index contributed by atoms with van der Waals surface area (Å²) in [5.74, 6) is 2.21. The van der Waals surface area contributed by atoms with Gasteiger partial charge in [0.2, 0.25) is 5.91 Å². The van der Waals surface area contributed by atoms with Gasteiger partial charge in [0, 0.05) is 54.3 Å². The first-order valence-corrected chi connectivity index (χ1v) is 22.1. The highest BCUT2D eigenvalue weighted by atomic mass is 32.1. The van der Waals surface area contributed by atoms with Crippen molar-refractivity contribution in [3.63, 3.8) is 0 Å². The minimum atomic E-state index is -0.233. The molecule has 2 atom stereocenters. The Morgan fingerprint density at radius 2 is 1.76 bits per heavy atom. The minimum absolute atomic E-state index is 0.0408. The molecule has 2 aromatic carbocycles. The van der Waals surface area contributed by atoms with E-state index in [-0.39, 0.29) is 23.8 Å². The number of carbonyl (C=O) groups excluding carboxylic acids is 2. The van der Waals surface area contributed by atoms with Crippen LogP contribution in [0.3, 0.4) is 0 Å². The zero-order valence-electron chi connectivity index (χ0n) is 34.5. The van der Waals surface area contributed by atoms with Crippen molar-refractivity contribution in [3.8, 4) is 21.7 Å². The lowest BCUT2D eigenvalue weighted by Crippen LogP contribution is -2.62. The van der Waals surface area contributed by atoms with Crippen LogP contribution in [0.4, 0.5) is 5.82 Å². The van der Waals surface area contributed by atoms with Crippen molar-refractivity contribution in [3.05, 3.63) is 101 Å². The molecule has 1 spiro atoms. The van der Waals surface area contributed by atoms with Crippen LogP contribution in [0.15, 0.2) is 82.8 Å². The second-order valence-electron chi connectivity index (χ2n) is 17.7. The first kappa shape index (κ1) is 39.3. The smallest absolute Gasteiger partial charge is 0.237 e. The summed E-state index contributed by atoms with van der Waals surface area (Å²) in [5, 5.41) is 16.5. The van der Waals surface area contributed by atoms with Crippen LogP contribution >= 0.6 is 11.3 Å². The molecular formula is C47H54N8O3S. The summed E-state index contributed by atoms with van der Waals surface area (Å²) in [6.45, 7) is 9.70. The van der Waals surface area contributed by atoms with Crippen LogP contribution in [0.25, 0.3) is 32.7 Å². The number of thiazole rings is 1. The zero-order chi connectivity index (χ0) is 40.7. The molecule has 306 valence electrons. The summed E-state index contributed by atoms with van der Waals surface area (Å²) >= 11 is 1.66. The highest BCUT2D eigenvalue weighted by Crippen LogP contribution is 2.58. The lowest BCUT2D eigenvalue weighted by atomic mass is 9.57. The number of amides is 1. The van der Waals surface area contributed by atoms with E-state index in [0.29, 0.717) is 29.7 Å². The van der Waals surface area contributed by atoms with E-state index in [0.717, 1.165) is 72.6 Å². The third kappa shape index (κ3) is 7.84. The molecule has 2 aliphatic heterocycles. The van der Waals surface area contributed by atoms with Crippen LogP contribution in [0, 0.1) is 18.3 Å². The molecule has 12 heteroatoms. The van der Waals surface area contributed by atoms with Gasteiger partial charge < -0.3 is 24.1 Å². The SMILES string of the molecule is CC(C)C(C=O)c1cc(N2CC3(CC(c4cc5nnc(-c6ccccc6)cc5n4C4CCC4)C3)C2)no1.Cc1ncsc1-c1ccc(CNC(=O)C2CCCN2C)cc1. The maximum absolute atomic E-state index is 12.2. The standard InChI is InChI=1S/C30H33N5O2.C17H21N3OS/c1-19(2)23(16-36)28-13-29(33-37-28)34-17-30(18-34)14-21(15-30)26-12-25-27(35(26)22-9-6-10-22)11-24(31-32-25)20-7-4-3-5-8-20;1-12-16(22-11-19-12)14-7-5-13(6-8-14)10-18-17(21)15-4-3-9-20(15)2/h3-5,7-8,11-13,16,19,21-23H,6,9-10,14-15,17-18H2,1-2H3;5-8,11,15H,3-4,9-10H2,1-2H3,(H,18,21). The predicted octanol–water partition coefficient (Wildman–Crippen LogP) is 8.96. The summed E-state index contributed by atoms with van der Waals surface area (Å²) in [5.41, 5.74) is 11.3. The number of anilines is 1. The zero-order valence-corrected chi connectivity index (χ0v) is 35.3. The van der Waals surface area contributed by atoms with E-state index >= 15 is 0 Å². The summed E-state index contributed by atoms with van der Waals surface area (Å²) in [6.07, 6.45) is 9.23. The number of likely N-dealkylation sites (tertiary alicyclic amines) is 1. The van der Waals surface area contributed by atoms with Gasteiger partial charge in [-0.15, -0.1) is 21.5 Å². The largest absolute Gasteiger partial charge is 0.358 e. The van der Waals surface area contributed by atoms with Crippen molar-refractivity contribution in [2.45, 2.75) is 96.2 Å². The Kier molecular flexibility index (Phi) is 11.0. The normalized spacial score (nSPS) is 19.5. The first-order valence-electron chi connectivity index (χ1n) is 21.3. The average Bonchev–Trinajstić information content (AvgIpc) is 4.01. The average molecular weight is 811 g/mol. The minimum Gasteiger partial charge on any atom is -0.358 e. The number of nitrogens with zero attached hydrogens (tertiary/aromatic N) is 7. The molecule has 2 aliphatic carbocycles. The molecule has 2 saturated heterocycles. The fourth-order valence-corrected chi connectivity index (χ4v) is 10.4. The van der Waals surface area contributed by atoms with Crippen molar-refractivity contribution < 1.29 is 14.1 Å². The van der Waals surface area contributed by atoms with Gasteiger partial charge in [0.1, 0.15) is 17.6 Å². The summed E-state index contributed by atoms with van der Waals surface area (Å²) in [6, 6.07) is 25.8. The Morgan fingerprint density at radius 3 is 2.41 bits per heavy atom. The number of aryl methyl sites for hydroxylation is 1. The molecule has 4 aromatic heterocycles. The van der Waals surface area contributed by atoms with Crippen LogP contribution < -0.4 is 10.2 Å². The Morgan fingerprint density at radius 1 is 0.983 bits per heavy atom. The van der Waals surface area contributed by atoms with Crippen LogP contribution in [0.5, 0.6) is 0 Å². The van der Waals surface area contributed by atoms with Crippen molar-refractivity contribution in [1.82, 2.24) is 35.1 Å². The molecule has 11 nitrogen and oxygen atoms in total. The number of rotatable bonds is 11. The number of aldehydes is 1. The molecule has 6 aromatic rings. The van der Waals surface area contributed by atoms with E-state index in [1.54, 1.807) is 11.3 Å². The number of nitrogens with one attached hydrogen (secondary N) is 1. The van der Waals surface area contributed by atoms with Crippen molar-refractivity contribution in [2.75, 3.05) is 31.6 Å². The monoisotopic (exact) mass is 810 g/mol. The molecule has 0 radical (unpaired) electrons. The molecule has 1 N–H and O–H groups in total. The highest BCUT2D eigenvalue weighted by Gasteiger charge is 2.54. The fourth-order valence-electron chi connectivity index (χ4n) is 9.57. The van der Waals surface area contributed by atoms with Crippen molar-refractivity contribution in [2.24, 2.45) is 11.3 Å². The number of likely N-dealkylation sites (N-methyl/N-ethyl adjacent to an activating group) is 1. The molecule has 4 aliphatic rings.